The van der Waals surface area contributed by atoms with E-state index in [9.17, 15) is 9.59 Å². The molecule has 3 N–H and O–H groups in total. The Kier molecular flexibility index (Phi) is 4.94. The summed E-state index contributed by atoms with van der Waals surface area (Å²) < 4.78 is 5.28. The van der Waals surface area contributed by atoms with Crippen molar-refractivity contribution in [2.24, 2.45) is 5.73 Å². The lowest BCUT2D eigenvalue weighted by Crippen LogP contribution is -2.41. The molecule has 2 aromatic rings. The fourth-order valence-corrected chi connectivity index (χ4v) is 3.96. The molecule has 3 rings (SSSR count). The monoisotopic (exact) mass is 359 g/mol. The number of rotatable bonds is 4. The van der Waals surface area contributed by atoms with E-state index >= 15 is 0 Å². The molecule has 7 heteroatoms. The van der Waals surface area contributed by atoms with Gasteiger partial charge in [-0.15, -0.1) is 11.3 Å². The van der Waals surface area contributed by atoms with E-state index in [1.807, 2.05) is 11.8 Å². The molecule has 6 nitrogen and oxygen atoms in total. The van der Waals surface area contributed by atoms with Gasteiger partial charge >= 0.3 is 6.03 Å². The van der Waals surface area contributed by atoms with Crippen LogP contribution in [0.4, 0.5) is 10.5 Å². The predicted molar refractivity (Wildman–Crippen MR) is 98.0 cm³/mol. The van der Waals surface area contributed by atoms with Crippen LogP contribution in [0.2, 0.25) is 0 Å². The maximum absolute atomic E-state index is 12.7. The number of aryl methyl sites for hydroxylation is 1. The molecule has 0 saturated carbocycles. The summed E-state index contributed by atoms with van der Waals surface area (Å²) in [4.78, 5) is 26.7. The summed E-state index contributed by atoms with van der Waals surface area (Å²) in [6.07, 6.45) is 0.892. The van der Waals surface area contributed by atoms with E-state index in [2.05, 4.69) is 23.7 Å². The number of amides is 3. The highest BCUT2D eigenvalue weighted by Gasteiger charge is 2.28. The number of thiophene rings is 1. The summed E-state index contributed by atoms with van der Waals surface area (Å²) in [5.41, 5.74) is 7.88. The van der Waals surface area contributed by atoms with Crippen LogP contribution in [0.15, 0.2) is 29.6 Å². The molecule has 1 aliphatic heterocycles. The maximum Gasteiger partial charge on any atom is 0.322 e. The normalized spacial score (nSPS) is 16.2. The largest absolute Gasteiger partial charge is 0.484 e. The minimum Gasteiger partial charge on any atom is -0.484 e. The van der Waals surface area contributed by atoms with Gasteiger partial charge in [-0.25, -0.2) is 4.79 Å². The number of carbonyl (C=O) groups excluding carboxylic acids is 2. The van der Waals surface area contributed by atoms with Gasteiger partial charge in [-0.1, -0.05) is 0 Å². The molecule has 2 heterocycles. The van der Waals surface area contributed by atoms with Crippen LogP contribution in [0.25, 0.3) is 0 Å². The number of ether oxygens (including phenoxy) is 1. The standard InChI is InChI=1S/C18H21N3O3S/c1-11-9-13(24-10-17(19)22)3-4-15(11)20-18(23)21-7-5-16-14(12(21)2)6-8-25-16/h3-4,6,8-9,12H,5,7,10H2,1-2H3,(H2,19,22)(H,20,23)/t12-/m0/s1. The number of hydrogen-bond acceptors (Lipinski definition) is 4. The molecule has 0 saturated heterocycles. The Bertz CT molecular complexity index is 803. The second kappa shape index (κ2) is 7.14. The van der Waals surface area contributed by atoms with E-state index < -0.39 is 5.91 Å². The van der Waals surface area contributed by atoms with Crippen molar-refractivity contribution in [1.82, 2.24) is 4.90 Å². The van der Waals surface area contributed by atoms with E-state index in [1.54, 1.807) is 29.5 Å². The van der Waals surface area contributed by atoms with E-state index in [-0.39, 0.29) is 18.7 Å². The maximum atomic E-state index is 12.7. The molecule has 1 aliphatic rings. The topological polar surface area (TPSA) is 84.7 Å². The Morgan fingerprint density at radius 2 is 2.20 bits per heavy atom. The van der Waals surface area contributed by atoms with Crippen LogP contribution in [-0.2, 0) is 11.2 Å². The van der Waals surface area contributed by atoms with Crippen molar-refractivity contribution < 1.29 is 14.3 Å². The molecule has 1 aromatic heterocycles. The molecule has 0 fully saturated rings. The summed E-state index contributed by atoms with van der Waals surface area (Å²) in [6.45, 7) is 4.47. The van der Waals surface area contributed by atoms with E-state index in [4.69, 9.17) is 10.5 Å². The molecular weight excluding hydrogens is 338 g/mol. The lowest BCUT2D eigenvalue weighted by molar-refractivity contribution is -0.119. The molecule has 0 aliphatic carbocycles. The Morgan fingerprint density at radius 1 is 1.40 bits per heavy atom. The van der Waals surface area contributed by atoms with Crippen LogP contribution in [-0.4, -0.2) is 30.0 Å². The van der Waals surface area contributed by atoms with Crippen molar-refractivity contribution in [2.75, 3.05) is 18.5 Å². The lowest BCUT2D eigenvalue weighted by Gasteiger charge is -2.33. The van der Waals surface area contributed by atoms with Gasteiger partial charge in [-0.2, -0.15) is 0 Å². The summed E-state index contributed by atoms with van der Waals surface area (Å²) in [5.74, 6) is 0.0190. The van der Waals surface area contributed by atoms with Gasteiger partial charge in [-0.05, 0) is 61.0 Å². The van der Waals surface area contributed by atoms with Crippen LogP contribution >= 0.6 is 11.3 Å². The average Bonchev–Trinajstić information content (AvgIpc) is 3.05. The zero-order valence-electron chi connectivity index (χ0n) is 14.2. The molecular formula is C18H21N3O3S. The third-order valence-electron chi connectivity index (χ3n) is 4.36. The first-order chi connectivity index (χ1) is 12.0. The van der Waals surface area contributed by atoms with Crippen molar-refractivity contribution in [3.8, 4) is 5.75 Å². The second-order valence-electron chi connectivity index (χ2n) is 6.08. The van der Waals surface area contributed by atoms with Gasteiger partial charge in [0, 0.05) is 17.1 Å². The van der Waals surface area contributed by atoms with Crippen LogP contribution in [0.5, 0.6) is 5.75 Å². The van der Waals surface area contributed by atoms with Gasteiger partial charge < -0.3 is 20.7 Å². The van der Waals surface area contributed by atoms with Crippen molar-refractivity contribution in [2.45, 2.75) is 26.3 Å². The number of fused-ring (bicyclic) bond motifs is 1. The van der Waals surface area contributed by atoms with Gasteiger partial charge in [0.15, 0.2) is 6.61 Å². The highest BCUT2D eigenvalue weighted by molar-refractivity contribution is 7.10. The van der Waals surface area contributed by atoms with E-state index in [0.29, 0.717) is 12.3 Å². The molecule has 1 aromatic carbocycles. The van der Waals surface area contributed by atoms with Crippen LogP contribution in [0, 0.1) is 6.92 Å². The van der Waals surface area contributed by atoms with Gasteiger partial charge in [0.25, 0.3) is 5.91 Å². The zero-order chi connectivity index (χ0) is 18.0. The Balaban J connectivity index is 1.68. The molecule has 1 atom stereocenters. The summed E-state index contributed by atoms with van der Waals surface area (Å²) in [7, 11) is 0. The number of benzene rings is 1. The van der Waals surface area contributed by atoms with Crippen LogP contribution < -0.4 is 15.8 Å². The molecule has 0 bridgehead atoms. The Labute approximate surface area is 150 Å². The van der Waals surface area contributed by atoms with E-state index in [1.165, 1.54) is 10.4 Å². The fraction of sp³-hybridized carbons (Fsp3) is 0.333. The summed E-state index contributed by atoms with van der Waals surface area (Å²) >= 11 is 1.75. The number of hydrogen-bond donors (Lipinski definition) is 2. The number of nitrogens with one attached hydrogen (secondary N) is 1. The second-order valence-corrected chi connectivity index (χ2v) is 7.08. The van der Waals surface area contributed by atoms with Crippen molar-refractivity contribution >= 4 is 29.0 Å². The molecule has 0 radical (unpaired) electrons. The summed E-state index contributed by atoms with van der Waals surface area (Å²) in [6, 6.07) is 7.30. The smallest absolute Gasteiger partial charge is 0.322 e. The third kappa shape index (κ3) is 3.76. The number of primary amides is 1. The number of urea groups is 1. The van der Waals surface area contributed by atoms with Crippen LogP contribution in [0.1, 0.15) is 29.0 Å². The van der Waals surface area contributed by atoms with Gasteiger partial charge in [0.05, 0.1) is 6.04 Å². The van der Waals surface area contributed by atoms with E-state index in [0.717, 1.165) is 17.7 Å². The minimum absolute atomic E-state index is 0.0634. The SMILES string of the molecule is Cc1cc(OCC(N)=O)ccc1NC(=O)N1CCc2sccc2[C@@H]1C. The zero-order valence-corrected chi connectivity index (χ0v) is 15.1. The van der Waals surface area contributed by atoms with Crippen LogP contribution in [0.3, 0.4) is 0 Å². The van der Waals surface area contributed by atoms with Crippen molar-refractivity contribution in [1.29, 1.82) is 0 Å². The first-order valence-electron chi connectivity index (χ1n) is 8.11. The van der Waals surface area contributed by atoms with Gasteiger partial charge in [-0.3, -0.25) is 4.79 Å². The van der Waals surface area contributed by atoms with Crippen molar-refractivity contribution in [3.63, 3.8) is 0 Å². The lowest BCUT2D eigenvalue weighted by atomic mass is 10.0. The Morgan fingerprint density at radius 3 is 2.92 bits per heavy atom. The average molecular weight is 359 g/mol. The third-order valence-corrected chi connectivity index (χ3v) is 5.36. The molecule has 3 amide bonds. The molecule has 0 unspecified atom stereocenters. The van der Waals surface area contributed by atoms with Gasteiger partial charge in [0.2, 0.25) is 0 Å². The fourth-order valence-electron chi connectivity index (χ4n) is 2.99. The molecule has 25 heavy (non-hydrogen) atoms. The summed E-state index contributed by atoms with van der Waals surface area (Å²) in [5, 5.41) is 5.05. The molecule has 132 valence electrons. The number of nitrogens with two attached hydrogens (primary N) is 1. The Hall–Kier alpha value is -2.54. The van der Waals surface area contributed by atoms with Crippen molar-refractivity contribution in [3.05, 3.63) is 45.6 Å². The highest BCUT2D eigenvalue weighted by atomic mass is 32.1. The number of anilines is 1. The van der Waals surface area contributed by atoms with Gasteiger partial charge in [0.1, 0.15) is 5.75 Å². The predicted octanol–water partition coefficient (Wildman–Crippen LogP) is 3.07. The highest BCUT2D eigenvalue weighted by Crippen LogP contribution is 2.33. The molecule has 0 spiro atoms. The quantitative estimate of drug-likeness (QED) is 0.880. The number of nitrogens with zero attached hydrogens (tertiary/aromatic N) is 1. The first-order valence-corrected chi connectivity index (χ1v) is 8.99. The first kappa shape index (κ1) is 17.3. The minimum atomic E-state index is -0.526. The number of carbonyl (C=O) groups is 2.